The Morgan fingerprint density at radius 1 is 1.57 bits per heavy atom. The van der Waals surface area contributed by atoms with Gasteiger partial charge in [-0.3, -0.25) is 0 Å². The minimum Gasteiger partial charge on any atom is -0.375 e. The lowest BCUT2D eigenvalue weighted by Gasteiger charge is -2.41. The van der Waals surface area contributed by atoms with Crippen LogP contribution in [0.5, 0.6) is 0 Å². The van der Waals surface area contributed by atoms with Crippen molar-refractivity contribution in [3.05, 3.63) is 0 Å². The summed E-state index contributed by atoms with van der Waals surface area (Å²) < 4.78 is 5.82. The van der Waals surface area contributed by atoms with Crippen molar-refractivity contribution in [3.8, 4) is 0 Å². The van der Waals surface area contributed by atoms with Gasteiger partial charge in [0.2, 0.25) is 0 Å². The minimum atomic E-state index is 0.0891. The van der Waals surface area contributed by atoms with Gasteiger partial charge in [0.15, 0.2) is 0 Å². The van der Waals surface area contributed by atoms with Crippen LogP contribution >= 0.6 is 0 Å². The summed E-state index contributed by atoms with van der Waals surface area (Å²) >= 11 is 0. The lowest BCUT2D eigenvalue weighted by atomic mass is 9.89. The van der Waals surface area contributed by atoms with Crippen molar-refractivity contribution >= 4 is 0 Å². The second-order valence-electron chi connectivity index (χ2n) is 4.57. The smallest absolute Gasteiger partial charge is 0.0666 e. The highest BCUT2D eigenvalue weighted by Crippen LogP contribution is 2.29. The van der Waals surface area contributed by atoms with Crippen LogP contribution in [-0.2, 0) is 4.74 Å². The van der Waals surface area contributed by atoms with Crippen molar-refractivity contribution < 1.29 is 4.74 Å². The lowest BCUT2D eigenvalue weighted by Crippen LogP contribution is -2.46. The second-order valence-corrected chi connectivity index (χ2v) is 4.57. The molecule has 84 valence electrons. The molecule has 0 aromatic rings. The number of ether oxygens (including phenoxy) is 1. The summed E-state index contributed by atoms with van der Waals surface area (Å²) in [6, 6.07) is 0.650. The first-order chi connectivity index (χ1) is 6.61. The molecule has 1 rings (SSSR count). The Kier molecular flexibility index (Phi) is 4.35. The van der Waals surface area contributed by atoms with E-state index in [1.807, 2.05) is 0 Å². The zero-order valence-electron chi connectivity index (χ0n) is 9.75. The molecule has 0 saturated carbocycles. The summed E-state index contributed by atoms with van der Waals surface area (Å²) in [7, 11) is 2.17. The second kappa shape index (κ2) is 5.10. The quantitative estimate of drug-likeness (QED) is 0.741. The van der Waals surface area contributed by atoms with Gasteiger partial charge in [-0.1, -0.05) is 6.92 Å². The summed E-state index contributed by atoms with van der Waals surface area (Å²) in [5.41, 5.74) is 5.65. The van der Waals surface area contributed by atoms with E-state index in [2.05, 4.69) is 25.8 Å². The van der Waals surface area contributed by atoms with Crippen molar-refractivity contribution in [2.45, 2.75) is 44.8 Å². The average Bonchev–Trinajstić information content (AvgIpc) is 2.18. The van der Waals surface area contributed by atoms with E-state index < -0.39 is 0 Å². The highest BCUT2D eigenvalue weighted by molar-refractivity contribution is 4.86. The third-order valence-corrected chi connectivity index (χ3v) is 3.42. The molecule has 1 saturated heterocycles. The Balaban J connectivity index is 2.47. The van der Waals surface area contributed by atoms with E-state index in [0.717, 1.165) is 39.0 Å². The molecule has 2 N–H and O–H groups in total. The molecule has 3 nitrogen and oxygen atoms in total. The first kappa shape index (κ1) is 12.0. The molecule has 0 spiro atoms. The summed E-state index contributed by atoms with van der Waals surface area (Å²) in [5.74, 6) is 0. The van der Waals surface area contributed by atoms with Gasteiger partial charge in [-0.2, -0.15) is 0 Å². The number of hydrogen-bond donors (Lipinski definition) is 1. The maximum absolute atomic E-state index is 5.82. The summed E-state index contributed by atoms with van der Waals surface area (Å²) in [6.45, 7) is 7.05. The standard InChI is InChI=1S/C11H24N2O/c1-4-11(2)9-10(5-8-14-11)13(3)7-6-12/h10H,4-9,12H2,1-3H3. The number of nitrogens with zero attached hydrogens (tertiary/aromatic N) is 1. The van der Waals surface area contributed by atoms with E-state index in [-0.39, 0.29) is 5.60 Å². The van der Waals surface area contributed by atoms with E-state index in [0.29, 0.717) is 6.04 Å². The van der Waals surface area contributed by atoms with Crippen LogP contribution in [0.3, 0.4) is 0 Å². The molecule has 2 unspecified atom stereocenters. The van der Waals surface area contributed by atoms with E-state index in [1.54, 1.807) is 0 Å². The molecule has 14 heavy (non-hydrogen) atoms. The zero-order chi connectivity index (χ0) is 10.6. The molecule has 0 bridgehead atoms. The van der Waals surface area contributed by atoms with E-state index >= 15 is 0 Å². The van der Waals surface area contributed by atoms with Crippen molar-refractivity contribution in [2.75, 3.05) is 26.7 Å². The highest BCUT2D eigenvalue weighted by Gasteiger charge is 2.32. The summed E-state index contributed by atoms with van der Waals surface area (Å²) in [4.78, 5) is 2.37. The van der Waals surface area contributed by atoms with Crippen LogP contribution in [-0.4, -0.2) is 43.3 Å². The third kappa shape index (κ3) is 2.94. The van der Waals surface area contributed by atoms with Gasteiger partial charge in [-0.25, -0.2) is 0 Å². The van der Waals surface area contributed by atoms with Gasteiger partial charge in [0.1, 0.15) is 0 Å². The van der Waals surface area contributed by atoms with E-state index in [9.17, 15) is 0 Å². The van der Waals surface area contributed by atoms with Crippen LogP contribution in [0, 0.1) is 0 Å². The monoisotopic (exact) mass is 200 g/mol. The van der Waals surface area contributed by atoms with Gasteiger partial charge >= 0.3 is 0 Å². The molecule has 0 aliphatic carbocycles. The Hall–Kier alpha value is -0.120. The van der Waals surface area contributed by atoms with Crippen molar-refractivity contribution in [1.29, 1.82) is 0 Å². The SMILES string of the molecule is CCC1(C)CC(N(C)CCN)CCO1. The fraction of sp³-hybridized carbons (Fsp3) is 1.00. The van der Waals surface area contributed by atoms with Crippen LogP contribution in [0.4, 0.5) is 0 Å². The first-order valence-corrected chi connectivity index (χ1v) is 5.65. The normalized spacial score (nSPS) is 33.6. The van der Waals surface area contributed by atoms with Crippen molar-refractivity contribution in [3.63, 3.8) is 0 Å². The molecule has 1 heterocycles. The molecule has 0 radical (unpaired) electrons. The number of hydrogen-bond acceptors (Lipinski definition) is 3. The molecule has 1 aliphatic rings. The molecule has 1 fully saturated rings. The first-order valence-electron chi connectivity index (χ1n) is 5.65. The zero-order valence-corrected chi connectivity index (χ0v) is 9.75. The van der Waals surface area contributed by atoms with Gasteiger partial charge < -0.3 is 15.4 Å². The Labute approximate surface area is 87.6 Å². The summed E-state index contributed by atoms with van der Waals surface area (Å²) in [5, 5.41) is 0. The predicted octanol–water partition coefficient (Wildman–Crippen LogP) is 1.22. The molecule has 1 aliphatic heterocycles. The van der Waals surface area contributed by atoms with Gasteiger partial charge in [0, 0.05) is 25.7 Å². The predicted molar refractivity (Wildman–Crippen MR) is 59.4 cm³/mol. The van der Waals surface area contributed by atoms with Gasteiger partial charge in [-0.05, 0) is 33.2 Å². The Morgan fingerprint density at radius 3 is 2.86 bits per heavy atom. The minimum absolute atomic E-state index is 0.0891. The van der Waals surface area contributed by atoms with Gasteiger partial charge in [0.25, 0.3) is 0 Å². The van der Waals surface area contributed by atoms with Crippen LogP contribution in [0.15, 0.2) is 0 Å². The molecule has 0 amide bonds. The molecule has 0 aromatic carbocycles. The number of nitrogens with two attached hydrogens (primary N) is 1. The van der Waals surface area contributed by atoms with Crippen molar-refractivity contribution in [1.82, 2.24) is 4.90 Å². The topological polar surface area (TPSA) is 38.5 Å². The van der Waals surface area contributed by atoms with Gasteiger partial charge in [0.05, 0.1) is 5.60 Å². The fourth-order valence-corrected chi connectivity index (χ4v) is 2.11. The lowest BCUT2D eigenvalue weighted by molar-refractivity contribution is -0.0932. The maximum atomic E-state index is 5.82. The maximum Gasteiger partial charge on any atom is 0.0666 e. The highest BCUT2D eigenvalue weighted by atomic mass is 16.5. The molecule has 2 atom stereocenters. The van der Waals surface area contributed by atoms with Crippen LogP contribution in [0.1, 0.15) is 33.1 Å². The van der Waals surface area contributed by atoms with E-state index in [4.69, 9.17) is 10.5 Å². The third-order valence-electron chi connectivity index (χ3n) is 3.42. The Bertz CT molecular complexity index is 175. The Morgan fingerprint density at radius 2 is 2.29 bits per heavy atom. The van der Waals surface area contributed by atoms with Crippen LogP contribution in [0.25, 0.3) is 0 Å². The molecular weight excluding hydrogens is 176 g/mol. The average molecular weight is 200 g/mol. The number of likely N-dealkylation sites (N-methyl/N-ethyl adjacent to an activating group) is 1. The number of rotatable bonds is 4. The molecular formula is C11H24N2O. The van der Waals surface area contributed by atoms with Crippen molar-refractivity contribution in [2.24, 2.45) is 5.73 Å². The largest absolute Gasteiger partial charge is 0.375 e. The fourth-order valence-electron chi connectivity index (χ4n) is 2.11. The van der Waals surface area contributed by atoms with Crippen LogP contribution < -0.4 is 5.73 Å². The van der Waals surface area contributed by atoms with Crippen LogP contribution in [0.2, 0.25) is 0 Å². The van der Waals surface area contributed by atoms with Gasteiger partial charge in [-0.15, -0.1) is 0 Å². The van der Waals surface area contributed by atoms with E-state index in [1.165, 1.54) is 0 Å². The summed E-state index contributed by atoms with van der Waals surface area (Å²) in [6.07, 6.45) is 3.38. The molecule has 0 aromatic heterocycles. The molecule has 3 heteroatoms.